The van der Waals surface area contributed by atoms with Crippen LogP contribution in [0.15, 0.2) is 0 Å². The van der Waals surface area contributed by atoms with E-state index in [0.29, 0.717) is 0 Å². The molecule has 0 radical (unpaired) electrons. The van der Waals surface area contributed by atoms with E-state index in [2.05, 4.69) is 55.3 Å². The van der Waals surface area contributed by atoms with Crippen LogP contribution in [-0.2, 0) is 0 Å². The van der Waals surface area contributed by atoms with E-state index in [1.165, 1.54) is 23.8 Å². The molecule has 0 saturated heterocycles. The van der Waals surface area contributed by atoms with E-state index in [1.807, 2.05) is 0 Å². The van der Waals surface area contributed by atoms with Gasteiger partial charge in [0, 0.05) is 6.04 Å². The van der Waals surface area contributed by atoms with Crippen molar-refractivity contribution >= 4 is 22.6 Å². The van der Waals surface area contributed by atoms with Crippen molar-refractivity contribution in [1.29, 1.82) is 0 Å². The Kier molecular flexibility index (Phi) is 7.54. The minimum Gasteiger partial charge on any atom is -0.303 e. The molecule has 0 aliphatic carbocycles. The maximum absolute atomic E-state index is 2.47. The first-order chi connectivity index (χ1) is 5.59. The number of hydrogen-bond donors (Lipinski definition) is 0. The average molecular weight is 283 g/mol. The van der Waals surface area contributed by atoms with Gasteiger partial charge in [-0.1, -0.05) is 36.4 Å². The van der Waals surface area contributed by atoms with Crippen LogP contribution in [0.25, 0.3) is 0 Å². The summed E-state index contributed by atoms with van der Waals surface area (Å²) in [6, 6.07) is 0.721. The first-order valence-electron chi connectivity index (χ1n) is 4.85. The van der Waals surface area contributed by atoms with Crippen LogP contribution in [0.2, 0.25) is 0 Å². The van der Waals surface area contributed by atoms with Crippen molar-refractivity contribution in [2.45, 2.75) is 39.7 Å². The van der Waals surface area contributed by atoms with E-state index in [-0.39, 0.29) is 0 Å². The molecule has 0 aromatic heterocycles. The Balaban J connectivity index is 3.49. The molecule has 0 aliphatic heterocycles. The summed E-state index contributed by atoms with van der Waals surface area (Å²) in [5.74, 6) is 0.773. The molecule has 1 unspecified atom stereocenters. The van der Waals surface area contributed by atoms with Crippen LogP contribution in [0.1, 0.15) is 33.6 Å². The molecule has 0 aliphatic rings. The second kappa shape index (κ2) is 7.13. The Morgan fingerprint density at radius 1 is 1.17 bits per heavy atom. The highest BCUT2D eigenvalue weighted by Crippen LogP contribution is 2.08. The van der Waals surface area contributed by atoms with Gasteiger partial charge in [-0.25, -0.2) is 0 Å². The molecule has 0 aromatic carbocycles. The van der Waals surface area contributed by atoms with Crippen molar-refractivity contribution in [3.63, 3.8) is 0 Å². The van der Waals surface area contributed by atoms with Crippen molar-refractivity contribution in [1.82, 2.24) is 4.90 Å². The predicted molar refractivity (Wildman–Crippen MR) is 65.1 cm³/mol. The van der Waals surface area contributed by atoms with E-state index in [1.54, 1.807) is 0 Å². The van der Waals surface area contributed by atoms with Gasteiger partial charge < -0.3 is 4.90 Å². The number of halogens is 1. The quantitative estimate of drug-likeness (QED) is 0.411. The molecule has 0 amide bonds. The lowest BCUT2D eigenvalue weighted by Crippen LogP contribution is -2.33. The molecule has 0 saturated carbocycles. The third-order valence-electron chi connectivity index (χ3n) is 2.55. The summed E-state index contributed by atoms with van der Waals surface area (Å²) in [4.78, 5) is 2.47. The van der Waals surface area contributed by atoms with Gasteiger partial charge in [-0.05, 0) is 43.7 Å². The SMILES string of the molecule is CC(C)C(C)N(C)CCCCI. The lowest BCUT2D eigenvalue weighted by atomic mass is 10.1. The normalized spacial score (nSPS) is 14.2. The molecule has 0 rings (SSSR count). The van der Waals surface area contributed by atoms with Gasteiger partial charge in [0.15, 0.2) is 0 Å². The van der Waals surface area contributed by atoms with E-state index in [0.717, 1.165) is 12.0 Å². The fourth-order valence-electron chi connectivity index (χ4n) is 1.17. The van der Waals surface area contributed by atoms with E-state index >= 15 is 0 Å². The standard InChI is InChI=1S/C10H22IN/c1-9(2)10(3)12(4)8-6-5-7-11/h9-10H,5-8H2,1-4H3. The van der Waals surface area contributed by atoms with Crippen molar-refractivity contribution in [3.8, 4) is 0 Å². The second-order valence-corrected chi connectivity index (χ2v) is 4.94. The summed E-state index contributed by atoms with van der Waals surface area (Å²) in [6.07, 6.45) is 2.70. The Hall–Kier alpha value is 0.690. The summed E-state index contributed by atoms with van der Waals surface area (Å²) < 4.78 is 1.29. The van der Waals surface area contributed by atoms with Gasteiger partial charge in [0.2, 0.25) is 0 Å². The highest BCUT2D eigenvalue weighted by atomic mass is 127. The minimum absolute atomic E-state index is 0.721. The van der Waals surface area contributed by atoms with Gasteiger partial charge >= 0.3 is 0 Å². The fourth-order valence-corrected chi connectivity index (χ4v) is 1.71. The smallest absolute Gasteiger partial charge is 0.00868 e. The minimum atomic E-state index is 0.721. The molecule has 1 nitrogen and oxygen atoms in total. The zero-order valence-corrected chi connectivity index (χ0v) is 11.0. The van der Waals surface area contributed by atoms with Gasteiger partial charge in [-0.2, -0.15) is 0 Å². The zero-order valence-electron chi connectivity index (χ0n) is 8.81. The summed E-state index contributed by atoms with van der Waals surface area (Å²) in [6.45, 7) is 8.15. The Bertz CT molecular complexity index is 104. The van der Waals surface area contributed by atoms with Gasteiger partial charge in [0.1, 0.15) is 0 Å². The van der Waals surface area contributed by atoms with Crippen LogP contribution >= 0.6 is 22.6 Å². The van der Waals surface area contributed by atoms with Crippen molar-refractivity contribution < 1.29 is 0 Å². The van der Waals surface area contributed by atoms with Gasteiger partial charge in [0.05, 0.1) is 0 Å². The molecular weight excluding hydrogens is 261 g/mol. The molecular formula is C10H22IN. The summed E-state index contributed by atoms with van der Waals surface area (Å²) >= 11 is 2.45. The summed E-state index contributed by atoms with van der Waals surface area (Å²) in [5, 5.41) is 0. The summed E-state index contributed by atoms with van der Waals surface area (Å²) in [7, 11) is 2.23. The number of rotatable bonds is 6. The highest BCUT2D eigenvalue weighted by Gasteiger charge is 2.11. The Labute approximate surface area is 91.0 Å². The lowest BCUT2D eigenvalue weighted by Gasteiger charge is -2.27. The van der Waals surface area contributed by atoms with Crippen molar-refractivity contribution in [2.75, 3.05) is 18.0 Å². The second-order valence-electron chi connectivity index (χ2n) is 3.86. The Morgan fingerprint density at radius 2 is 1.75 bits per heavy atom. The molecule has 74 valence electrons. The first-order valence-corrected chi connectivity index (χ1v) is 6.38. The first kappa shape index (κ1) is 12.7. The highest BCUT2D eigenvalue weighted by molar-refractivity contribution is 14.1. The molecule has 0 fully saturated rings. The van der Waals surface area contributed by atoms with E-state index in [9.17, 15) is 0 Å². The molecule has 0 N–H and O–H groups in total. The number of hydrogen-bond acceptors (Lipinski definition) is 1. The molecule has 0 heterocycles. The van der Waals surface area contributed by atoms with Gasteiger partial charge in [-0.3, -0.25) is 0 Å². The molecule has 0 spiro atoms. The van der Waals surface area contributed by atoms with Gasteiger partial charge in [0.25, 0.3) is 0 Å². The fraction of sp³-hybridized carbons (Fsp3) is 1.00. The largest absolute Gasteiger partial charge is 0.303 e. The maximum Gasteiger partial charge on any atom is 0.00868 e. The topological polar surface area (TPSA) is 3.24 Å². The van der Waals surface area contributed by atoms with Crippen molar-refractivity contribution in [3.05, 3.63) is 0 Å². The molecule has 0 bridgehead atoms. The third kappa shape index (κ3) is 5.36. The molecule has 12 heavy (non-hydrogen) atoms. The van der Waals surface area contributed by atoms with Gasteiger partial charge in [-0.15, -0.1) is 0 Å². The van der Waals surface area contributed by atoms with Crippen LogP contribution in [0.3, 0.4) is 0 Å². The summed E-state index contributed by atoms with van der Waals surface area (Å²) in [5.41, 5.74) is 0. The van der Waals surface area contributed by atoms with Crippen LogP contribution in [0.5, 0.6) is 0 Å². The zero-order chi connectivity index (χ0) is 9.56. The van der Waals surface area contributed by atoms with Crippen LogP contribution < -0.4 is 0 Å². The Morgan fingerprint density at radius 3 is 2.17 bits per heavy atom. The molecule has 2 heteroatoms. The molecule has 1 atom stereocenters. The number of nitrogens with zero attached hydrogens (tertiary/aromatic N) is 1. The monoisotopic (exact) mass is 283 g/mol. The van der Waals surface area contributed by atoms with E-state index < -0.39 is 0 Å². The van der Waals surface area contributed by atoms with Crippen LogP contribution in [0.4, 0.5) is 0 Å². The number of alkyl halides is 1. The number of unbranched alkanes of at least 4 members (excludes halogenated alkanes) is 1. The maximum atomic E-state index is 2.47. The van der Waals surface area contributed by atoms with Crippen LogP contribution in [-0.4, -0.2) is 29.0 Å². The van der Waals surface area contributed by atoms with Crippen LogP contribution in [0, 0.1) is 5.92 Å². The lowest BCUT2D eigenvalue weighted by molar-refractivity contribution is 0.206. The van der Waals surface area contributed by atoms with Crippen molar-refractivity contribution in [2.24, 2.45) is 5.92 Å². The molecule has 0 aromatic rings. The van der Waals surface area contributed by atoms with E-state index in [4.69, 9.17) is 0 Å². The predicted octanol–water partition coefficient (Wildman–Crippen LogP) is 3.18. The third-order valence-corrected chi connectivity index (χ3v) is 3.32. The average Bonchev–Trinajstić information content (AvgIpc) is 2.03.